The first-order chi connectivity index (χ1) is 54.9. The number of rotatable bonds is 92. The topological polar surface area (TPSA) is 173 Å². The summed E-state index contributed by atoms with van der Waals surface area (Å²) in [5.74, 6) is 3.40. The van der Waals surface area contributed by atoms with E-state index in [0.717, 1.165) is 225 Å². The molecular formula is C93H184O12P4S4. The summed E-state index contributed by atoms with van der Waals surface area (Å²) in [5, 5.41) is 0. The van der Waals surface area contributed by atoms with E-state index in [4.69, 9.17) is 18.9 Å². The zero-order valence-electron chi connectivity index (χ0n) is 75.4. The Morgan fingerprint density at radius 2 is 0.327 bits per heavy atom. The quantitative estimate of drug-likeness (QED) is 0.0243. The standard InChI is InChI=1S/C93H184O12P4S4/c1-9-17-25-33-41-49-65-106(98,66-50-42-34-26-18-10-2)73-57-77-110-81-61-89(94)102-85-93(86-103-90(95)62-82-111-78-58-74-107(99,67-51-43-35-27-19-11-3)68-52-44-36-28-20-12-4,87-104-91(96)63-83-112-79-59-75-108(100,69-53-45-37-29-21-13-5)70-54-46-38-30-22-14-6)88-105-92(97)64-84-113-80-60-76-109(101,71-55-47-39-31-23-15-7)72-56-48-40-32-24-16-8/h9-88H2,1-8H3. The maximum atomic E-state index is 14.5. The number of esters is 4. The van der Waals surface area contributed by atoms with E-state index in [1.165, 1.54) is 205 Å². The summed E-state index contributed by atoms with van der Waals surface area (Å²) >= 11 is 6.68. The lowest BCUT2D eigenvalue weighted by molar-refractivity contribution is -0.170. The van der Waals surface area contributed by atoms with Crippen LogP contribution in [0.15, 0.2) is 0 Å². The molecule has 0 N–H and O–H groups in total. The normalized spacial score (nSPS) is 12.3. The van der Waals surface area contributed by atoms with Gasteiger partial charge in [0.2, 0.25) is 0 Å². The number of thioether (sulfide) groups is 4. The highest BCUT2D eigenvalue weighted by atomic mass is 32.2. The van der Waals surface area contributed by atoms with Gasteiger partial charge in [-0.15, -0.1) is 0 Å². The second kappa shape index (κ2) is 81.8. The van der Waals surface area contributed by atoms with Gasteiger partial charge < -0.3 is 37.2 Å². The molecule has 0 aliphatic rings. The first-order valence-electron chi connectivity index (χ1n) is 48.1. The number of carbonyl (C=O) groups excluding carboxylic acids is 4. The van der Waals surface area contributed by atoms with Gasteiger partial charge in [0.05, 0.1) is 54.3 Å². The van der Waals surface area contributed by atoms with Crippen molar-refractivity contribution in [1.29, 1.82) is 0 Å². The lowest BCUT2D eigenvalue weighted by Gasteiger charge is -2.31. The summed E-state index contributed by atoms with van der Waals surface area (Å²) in [4.78, 5) is 55.7. The Bertz CT molecular complexity index is 1970. The van der Waals surface area contributed by atoms with E-state index in [1.807, 2.05) is 0 Å². The average Bonchev–Trinajstić information content (AvgIpc) is 0.853. The number of ether oxygens (including phenoxy) is 4. The number of hydrogen-bond acceptors (Lipinski definition) is 16. The molecule has 0 saturated carbocycles. The van der Waals surface area contributed by atoms with Crippen LogP contribution >= 0.6 is 75.6 Å². The molecule has 0 heterocycles. The lowest BCUT2D eigenvalue weighted by Crippen LogP contribution is -2.44. The minimum atomic E-state index is -2.31. The minimum absolute atomic E-state index is 0.119. The van der Waals surface area contributed by atoms with Gasteiger partial charge in [-0.2, -0.15) is 47.0 Å². The first-order valence-corrected chi connectivity index (χ1v) is 61.8. The van der Waals surface area contributed by atoms with E-state index in [0.29, 0.717) is 23.0 Å². The molecule has 0 aliphatic carbocycles. The third-order valence-corrected chi connectivity index (χ3v) is 40.6. The van der Waals surface area contributed by atoms with Crippen LogP contribution in [0.3, 0.4) is 0 Å². The van der Waals surface area contributed by atoms with E-state index in [9.17, 15) is 37.4 Å². The fraction of sp³-hybridized carbons (Fsp3) is 0.957. The van der Waals surface area contributed by atoms with Crippen LogP contribution in [0.4, 0.5) is 0 Å². The molecule has 0 spiro atoms. The molecule has 672 valence electrons. The Labute approximate surface area is 717 Å². The molecule has 0 bridgehead atoms. The van der Waals surface area contributed by atoms with Crippen molar-refractivity contribution in [2.45, 2.75) is 415 Å². The lowest BCUT2D eigenvalue weighted by atomic mass is 9.92. The van der Waals surface area contributed by atoms with E-state index in [1.54, 1.807) is 47.0 Å². The smallest absolute Gasteiger partial charge is 0.306 e. The van der Waals surface area contributed by atoms with Crippen LogP contribution in [0, 0.1) is 5.41 Å². The largest absolute Gasteiger partial charge is 0.465 e. The first kappa shape index (κ1) is 113. The molecule has 0 atom stereocenters. The van der Waals surface area contributed by atoms with Crippen LogP contribution in [-0.4, -0.2) is 170 Å². The molecule has 0 amide bonds. The van der Waals surface area contributed by atoms with Crippen molar-refractivity contribution < 1.29 is 56.4 Å². The molecule has 12 nitrogen and oxygen atoms in total. The Kier molecular flexibility index (Phi) is 82.0. The SMILES string of the molecule is CCCCCCCCP(=O)(CCCCCCCC)CCCSCCC(=O)OCC(COC(=O)CCSCCCP(=O)(CCCCCCCC)CCCCCCCC)(COC(=O)CCSCCCP(=O)(CCCCCCCC)CCCCCCCC)COC(=O)CCSCCCP(=O)(CCCCCCCC)CCCCCCCC. The van der Waals surface area contributed by atoms with Crippen molar-refractivity contribution in [1.82, 2.24) is 0 Å². The average molecular weight is 1750 g/mol. The molecule has 0 saturated heterocycles. The van der Waals surface area contributed by atoms with E-state index in [-0.39, 0.29) is 52.1 Å². The van der Waals surface area contributed by atoms with Gasteiger partial charge in [-0.25, -0.2) is 0 Å². The molecule has 0 aromatic rings. The van der Waals surface area contributed by atoms with Gasteiger partial charge in [0.25, 0.3) is 0 Å². The second-order valence-electron chi connectivity index (χ2n) is 34.1. The third kappa shape index (κ3) is 73.5. The summed E-state index contributed by atoms with van der Waals surface area (Å²) in [6, 6.07) is 0. The maximum Gasteiger partial charge on any atom is 0.306 e. The van der Waals surface area contributed by atoms with Crippen molar-refractivity contribution in [3.05, 3.63) is 0 Å². The molecular weight excluding hydrogens is 1560 g/mol. The van der Waals surface area contributed by atoms with Crippen LogP contribution in [0.2, 0.25) is 0 Å². The van der Waals surface area contributed by atoms with Crippen LogP contribution in [0.25, 0.3) is 0 Å². The maximum absolute atomic E-state index is 14.5. The van der Waals surface area contributed by atoms with E-state index in [2.05, 4.69) is 55.4 Å². The molecule has 0 fully saturated rings. The van der Waals surface area contributed by atoms with Crippen molar-refractivity contribution in [3.63, 3.8) is 0 Å². The molecule has 0 aromatic carbocycles. The second-order valence-corrected chi connectivity index (χ2v) is 52.8. The number of unbranched alkanes of at least 4 members (excludes halogenated alkanes) is 40. The van der Waals surface area contributed by atoms with Gasteiger partial charge in [0, 0.05) is 97.0 Å². The highest BCUT2D eigenvalue weighted by Crippen LogP contribution is 2.52. The minimum Gasteiger partial charge on any atom is -0.465 e. The van der Waals surface area contributed by atoms with E-state index < -0.39 is 57.9 Å². The molecule has 0 unspecified atom stereocenters. The van der Waals surface area contributed by atoms with Gasteiger partial charge in [-0.1, -0.05) is 312 Å². The number of carbonyl (C=O) groups is 4. The van der Waals surface area contributed by atoms with Gasteiger partial charge in [0.1, 0.15) is 31.8 Å². The third-order valence-electron chi connectivity index (χ3n) is 22.7. The summed E-state index contributed by atoms with van der Waals surface area (Å²) < 4.78 is 82.3. The van der Waals surface area contributed by atoms with Crippen LogP contribution in [0.5, 0.6) is 0 Å². The molecule has 0 rings (SSSR count). The van der Waals surface area contributed by atoms with E-state index >= 15 is 0 Å². The predicted molar refractivity (Wildman–Crippen MR) is 508 cm³/mol. The summed E-state index contributed by atoms with van der Waals surface area (Å²) in [7, 11) is -9.22. The van der Waals surface area contributed by atoms with Crippen LogP contribution in [0.1, 0.15) is 415 Å². The van der Waals surface area contributed by atoms with Crippen molar-refractivity contribution in [2.24, 2.45) is 5.41 Å². The molecule has 20 heteroatoms. The summed E-state index contributed by atoms with van der Waals surface area (Å²) in [5.41, 5.74) is -1.40. The fourth-order valence-electron chi connectivity index (χ4n) is 15.1. The van der Waals surface area contributed by atoms with Crippen molar-refractivity contribution in [3.8, 4) is 0 Å². The van der Waals surface area contributed by atoms with Gasteiger partial charge in [-0.3, -0.25) is 19.2 Å². The fourth-order valence-corrected chi connectivity index (χ4v) is 31.4. The van der Waals surface area contributed by atoms with Gasteiger partial charge >= 0.3 is 23.9 Å². The number of hydrogen-bond donors (Lipinski definition) is 0. The summed E-state index contributed by atoms with van der Waals surface area (Å²) in [6.07, 6.45) is 70.3. The van der Waals surface area contributed by atoms with Crippen LogP contribution < -0.4 is 0 Å². The Morgan fingerprint density at radius 1 is 0.195 bits per heavy atom. The monoisotopic (exact) mass is 1750 g/mol. The molecule has 0 radical (unpaired) electrons. The summed E-state index contributed by atoms with van der Waals surface area (Å²) in [6.45, 7) is 16.7. The molecule has 113 heavy (non-hydrogen) atoms. The van der Waals surface area contributed by atoms with Crippen molar-refractivity contribution >= 4 is 99.5 Å². The highest BCUT2D eigenvalue weighted by molar-refractivity contribution is 8.00. The zero-order valence-corrected chi connectivity index (χ0v) is 82.2. The Hall–Kier alpha value is 0.200. The predicted octanol–water partition coefficient (Wildman–Crippen LogP) is 30.5. The van der Waals surface area contributed by atoms with Gasteiger partial charge in [-0.05, 0) is 100 Å². The zero-order chi connectivity index (χ0) is 83.0. The molecule has 0 aromatic heterocycles. The van der Waals surface area contributed by atoms with Crippen LogP contribution in [-0.2, 0) is 56.4 Å². The Balaban J connectivity index is 6.72. The van der Waals surface area contributed by atoms with Crippen molar-refractivity contribution in [2.75, 3.05) is 146 Å². The highest BCUT2D eigenvalue weighted by Gasteiger charge is 2.38. The van der Waals surface area contributed by atoms with Gasteiger partial charge in [0.15, 0.2) is 0 Å². The Morgan fingerprint density at radius 3 is 0.478 bits per heavy atom. The molecule has 0 aliphatic heterocycles.